The maximum absolute atomic E-state index is 13.7. The van der Waals surface area contributed by atoms with Gasteiger partial charge in [0, 0.05) is 43.8 Å². The monoisotopic (exact) mass is 322 g/mol. The molecule has 3 nitrogen and oxygen atoms in total. The van der Waals surface area contributed by atoms with Crippen molar-refractivity contribution in [2.24, 2.45) is 5.92 Å². The zero-order valence-electron chi connectivity index (χ0n) is 13.3. The molecule has 126 valence electrons. The van der Waals surface area contributed by atoms with E-state index in [-0.39, 0.29) is 12.5 Å². The zero-order chi connectivity index (χ0) is 16.0. The summed E-state index contributed by atoms with van der Waals surface area (Å²) in [5, 5.41) is 9.17. The molecule has 23 heavy (non-hydrogen) atoms. The summed E-state index contributed by atoms with van der Waals surface area (Å²) < 4.78 is 27.4. The number of fused-ring (bicyclic) bond motifs is 2. The topological polar surface area (TPSA) is 26.7 Å². The third-order valence-electron chi connectivity index (χ3n) is 6.01. The second-order valence-corrected chi connectivity index (χ2v) is 7.24. The highest BCUT2D eigenvalue weighted by Gasteiger charge is 2.52. The Morgan fingerprint density at radius 1 is 1.04 bits per heavy atom. The fourth-order valence-corrected chi connectivity index (χ4v) is 5.15. The van der Waals surface area contributed by atoms with E-state index in [4.69, 9.17) is 0 Å². The van der Waals surface area contributed by atoms with Crippen molar-refractivity contribution < 1.29 is 13.9 Å². The molecule has 4 aliphatic heterocycles. The SMILES string of the molecule is OCCCN1C[C@@H](c2cc(F)cc(F)c2)[C@@H]2[C@H]1C1CCN2CC1. The third-order valence-corrected chi connectivity index (χ3v) is 6.01. The van der Waals surface area contributed by atoms with Gasteiger partial charge in [0.1, 0.15) is 11.6 Å². The third kappa shape index (κ3) is 2.69. The lowest BCUT2D eigenvalue weighted by atomic mass is 9.75. The van der Waals surface area contributed by atoms with Crippen molar-refractivity contribution in [1.29, 1.82) is 0 Å². The fourth-order valence-electron chi connectivity index (χ4n) is 5.15. The van der Waals surface area contributed by atoms with E-state index < -0.39 is 11.6 Å². The van der Waals surface area contributed by atoms with Crippen LogP contribution in [0.25, 0.3) is 0 Å². The molecule has 1 aromatic carbocycles. The fraction of sp³-hybridized carbons (Fsp3) is 0.667. The summed E-state index contributed by atoms with van der Waals surface area (Å²) in [7, 11) is 0. The number of benzene rings is 1. The van der Waals surface area contributed by atoms with Gasteiger partial charge < -0.3 is 5.11 Å². The summed E-state index contributed by atoms with van der Waals surface area (Å²) >= 11 is 0. The van der Waals surface area contributed by atoms with Gasteiger partial charge in [0.15, 0.2) is 0 Å². The highest BCUT2D eigenvalue weighted by molar-refractivity contribution is 5.28. The number of piperidine rings is 3. The lowest BCUT2D eigenvalue weighted by molar-refractivity contribution is -0.00760. The molecular formula is C18H24F2N2O. The van der Waals surface area contributed by atoms with Gasteiger partial charge in [0.05, 0.1) is 0 Å². The number of aliphatic hydroxyl groups excluding tert-OH is 1. The molecule has 5 rings (SSSR count). The van der Waals surface area contributed by atoms with E-state index in [0.29, 0.717) is 18.0 Å². The average molecular weight is 322 g/mol. The molecule has 0 aromatic heterocycles. The first-order chi connectivity index (χ1) is 11.2. The number of halogens is 2. The number of nitrogens with zero attached hydrogens (tertiary/aromatic N) is 2. The van der Waals surface area contributed by atoms with Gasteiger partial charge >= 0.3 is 0 Å². The lowest BCUT2D eigenvalue weighted by Gasteiger charge is -2.51. The van der Waals surface area contributed by atoms with Gasteiger partial charge in [-0.25, -0.2) is 8.78 Å². The summed E-state index contributed by atoms with van der Waals surface area (Å²) in [5.41, 5.74) is 0.788. The van der Waals surface area contributed by atoms with Crippen LogP contribution in [-0.4, -0.2) is 59.8 Å². The summed E-state index contributed by atoms with van der Waals surface area (Å²) in [4.78, 5) is 4.99. The van der Waals surface area contributed by atoms with Crippen LogP contribution in [0.5, 0.6) is 0 Å². The molecule has 0 radical (unpaired) electrons. The van der Waals surface area contributed by atoms with Crippen LogP contribution < -0.4 is 0 Å². The Morgan fingerprint density at radius 2 is 1.74 bits per heavy atom. The van der Waals surface area contributed by atoms with Gasteiger partial charge in [-0.15, -0.1) is 0 Å². The Morgan fingerprint density at radius 3 is 2.39 bits per heavy atom. The van der Waals surface area contributed by atoms with E-state index in [2.05, 4.69) is 9.80 Å². The Kier molecular flexibility index (Phi) is 4.12. The van der Waals surface area contributed by atoms with Crippen molar-refractivity contribution in [3.63, 3.8) is 0 Å². The minimum absolute atomic E-state index is 0.159. The first kappa shape index (κ1) is 15.5. The number of aliphatic hydroxyl groups is 1. The minimum Gasteiger partial charge on any atom is -0.396 e. The molecule has 0 spiro atoms. The maximum atomic E-state index is 13.7. The van der Waals surface area contributed by atoms with Crippen LogP contribution in [0.3, 0.4) is 0 Å². The molecule has 0 unspecified atom stereocenters. The molecule has 1 N–H and O–H groups in total. The van der Waals surface area contributed by atoms with Gasteiger partial charge in [-0.2, -0.15) is 0 Å². The van der Waals surface area contributed by atoms with E-state index in [1.54, 1.807) is 0 Å². The van der Waals surface area contributed by atoms with Gasteiger partial charge in [0.2, 0.25) is 0 Å². The molecule has 0 aliphatic carbocycles. The molecule has 4 aliphatic rings. The molecule has 3 atom stereocenters. The zero-order valence-corrected chi connectivity index (χ0v) is 13.3. The van der Waals surface area contributed by atoms with Crippen molar-refractivity contribution in [1.82, 2.24) is 9.80 Å². The summed E-state index contributed by atoms with van der Waals surface area (Å²) in [5.74, 6) is -0.123. The summed E-state index contributed by atoms with van der Waals surface area (Å²) in [6.07, 6.45) is 3.21. The number of rotatable bonds is 4. The van der Waals surface area contributed by atoms with E-state index in [9.17, 15) is 13.9 Å². The van der Waals surface area contributed by atoms with E-state index in [1.165, 1.54) is 25.0 Å². The quantitative estimate of drug-likeness (QED) is 0.921. The van der Waals surface area contributed by atoms with Crippen LogP contribution >= 0.6 is 0 Å². The molecule has 2 bridgehead atoms. The second kappa shape index (κ2) is 6.11. The number of hydrogen-bond donors (Lipinski definition) is 1. The molecule has 4 fully saturated rings. The van der Waals surface area contributed by atoms with Crippen LogP contribution in [0.2, 0.25) is 0 Å². The van der Waals surface area contributed by atoms with Crippen LogP contribution in [0, 0.1) is 17.6 Å². The smallest absolute Gasteiger partial charge is 0.126 e. The van der Waals surface area contributed by atoms with Gasteiger partial charge in [0.25, 0.3) is 0 Å². The van der Waals surface area contributed by atoms with Crippen LogP contribution in [0.1, 0.15) is 30.7 Å². The number of hydrogen-bond acceptors (Lipinski definition) is 3. The molecular weight excluding hydrogens is 298 g/mol. The highest BCUT2D eigenvalue weighted by Crippen LogP contribution is 2.46. The summed E-state index contributed by atoms with van der Waals surface area (Å²) in [6.45, 7) is 4.12. The Hall–Kier alpha value is -1.04. The van der Waals surface area contributed by atoms with Crippen LogP contribution in [0.4, 0.5) is 8.78 Å². The lowest BCUT2D eigenvalue weighted by Crippen LogP contribution is -2.60. The van der Waals surface area contributed by atoms with E-state index in [0.717, 1.165) is 44.2 Å². The van der Waals surface area contributed by atoms with E-state index >= 15 is 0 Å². The van der Waals surface area contributed by atoms with Gasteiger partial charge in [-0.3, -0.25) is 9.80 Å². The Labute approximate surface area is 135 Å². The number of likely N-dealkylation sites (tertiary alicyclic amines) is 1. The van der Waals surface area contributed by atoms with Crippen LogP contribution in [0.15, 0.2) is 18.2 Å². The summed E-state index contributed by atoms with van der Waals surface area (Å²) in [6, 6.07) is 4.79. The highest BCUT2D eigenvalue weighted by atomic mass is 19.1. The predicted molar refractivity (Wildman–Crippen MR) is 84.2 cm³/mol. The maximum Gasteiger partial charge on any atom is 0.126 e. The van der Waals surface area contributed by atoms with Crippen molar-refractivity contribution in [2.45, 2.75) is 37.3 Å². The molecule has 4 saturated heterocycles. The molecule has 0 saturated carbocycles. The van der Waals surface area contributed by atoms with Crippen molar-refractivity contribution >= 4 is 0 Å². The van der Waals surface area contributed by atoms with Gasteiger partial charge in [-0.1, -0.05) is 0 Å². The first-order valence-electron chi connectivity index (χ1n) is 8.72. The van der Waals surface area contributed by atoms with Crippen molar-refractivity contribution in [3.05, 3.63) is 35.4 Å². The minimum atomic E-state index is -0.485. The predicted octanol–water partition coefficient (Wildman–Crippen LogP) is 2.21. The standard InChI is InChI=1S/C18H24F2N2O/c19-14-8-13(9-15(20)10-14)16-11-22(4-1-7-23)17-12-2-5-21(6-3-12)18(16)17/h8-10,12,16-18,23H,1-7,11H2/t16-,17+,18+/m0/s1. The molecule has 0 amide bonds. The average Bonchev–Trinajstić information content (AvgIpc) is 2.95. The normalized spacial score (nSPS) is 36.4. The Balaban J connectivity index is 1.66. The van der Waals surface area contributed by atoms with Crippen molar-refractivity contribution in [2.75, 3.05) is 32.8 Å². The molecule has 4 heterocycles. The molecule has 1 aromatic rings. The van der Waals surface area contributed by atoms with Crippen molar-refractivity contribution in [3.8, 4) is 0 Å². The first-order valence-corrected chi connectivity index (χ1v) is 8.72. The van der Waals surface area contributed by atoms with E-state index in [1.807, 2.05) is 0 Å². The van der Waals surface area contributed by atoms with Crippen LogP contribution in [-0.2, 0) is 0 Å². The molecule has 5 heteroatoms. The van der Waals surface area contributed by atoms with Gasteiger partial charge in [-0.05, 0) is 56.0 Å². The Bertz CT molecular complexity index is 554. The largest absolute Gasteiger partial charge is 0.396 e. The second-order valence-electron chi connectivity index (χ2n) is 7.24.